The lowest BCUT2D eigenvalue weighted by Gasteiger charge is -2.36. The van der Waals surface area contributed by atoms with Crippen LogP contribution in [-0.2, 0) is 5.54 Å². The third-order valence-electron chi connectivity index (χ3n) is 7.04. The summed E-state index contributed by atoms with van der Waals surface area (Å²) in [5, 5.41) is 10.4. The maximum Gasteiger partial charge on any atom is 0.138 e. The molecule has 0 fully saturated rings. The number of H-pyrrole nitrogens is 1. The fourth-order valence-corrected chi connectivity index (χ4v) is 4.56. The van der Waals surface area contributed by atoms with E-state index in [4.69, 9.17) is 4.98 Å². The quantitative estimate of drug-likeness (QED) is 0.309. The smallest absolute Gasteiger partial charge is 0.138 e. The Bertz CT molecular complexity index is 1500. The minimum Gasteiger partial charge on any atom is -0.395 e. The first-order valence-electron chi connectivity index (χ1n) is 12.2. The second-order valence-electron chi connectivity index (χ2n) is 9.70. The van der Waals surface area contributed by atoms with Crippen LogP contribution in [0.4, 0.5) is 0 Å². The number of aliphatic hydroxyl groups excluding tert-OH is 1. The Morgan fingerprint density at radius 2 is 1.67 bits per heavy atom. The lowest BCUT2D eigenvalue weighted by Crippen LogP contribution is -2.40. The third kappa shape index (κ3) is 4.53. The Balaban J connectivity index is 1.53. The average molecular weight is 478 g/mol. The third-order valence-corrected chi connectivity index (χ3v) is 7.04. The molecule has 0 atom stereocenters. The Labute approximate surface area is 211 Å². The molecule has 5 aromatic rings. The Morgan fingerprint density at radius 3 is 2.42 bits per heavy atom. The SMILES string of the molecule is Cc1cccc(-c2cc(-c3cncc(-c4ccc(C(C)(C)N(C)CCO)cc4)c3)c3cc[nH]c3n2)n1. The molecule has 2 N–H and O–H groups in total. The van der Waals surface area contributed by atoms with Gasteiger partial charge in [-0.3, -0.25) is 14.9 Å². The van der Waals surface area contributed by atoms with E-state index >= 15 is 0 Å². The van der Waals surface area contributed by atoms with Gasteiger partial charge in [0.15, 0.2) is 0 Å². The molecule has 1 aromatic carbocycles. The van der Waals surface area contributed by atoms with Crippen LogP contribution in [-0.4, -0.2) is 50.1 Å². The second-order valence-corrected chi connectivity index (χ2v) is 9.70. The van der Waals surface area contributed by atoms with Crippen molar-refractivity contribution in [1.29, 1.82) is 0 Å². The minimum atomic E-state index is -0.182. The molecule has 0 saturated heterocycles. The van der Waals surface area contributed by atoms with E-state index in [0.717, 1.165) is 50.4 Å². The van der Waals surface area contributed by atoms with Gasteiger partial charge in [-0.1, -0.05) is 30.3 Å². The first-order valence-corrected chi connectivity index (χ1v) is 12.2. The van der Waals surface area contributed by atoms with Crippen molar-refractivity contribution < 1.29 is 5.11 Å². The number of fused-ring (bicyclic) bond motifs is 1. The monoisotopic (exact) mass is 477 g/mol. The summed E-state index contributed by atoms with van der Waals surface area (Å²) in [7, 11) is 2.04. The molecule has 6 heteroatoms. The summed E-state index contributed by atoms with van der Waals surface area (Å²) in [6.45, 7) is 7.10. The minimum absolute atomic E-state index is 0.140. The highest BCUT2D eigenvalue weighted by Gasteiger charge is 2.25. The number of aromatic nitrogens is 4. The molecule has 4 aromatic heterocycles. The van der Waals surface area contributed by atoms with Gasteiger partial charge in [0.2, 0.25) is 0 Å². The number of pyridine rings is 3. The van der Waals surface area contributed by atoms with Crippen LogP contribution in [0.15, 0.2) is 79.3 Å². The highest BCUT2D eigenvalue weighted by Crippen LogP contribution is 2.34. The molecule has 4 heterocycles. The van der Waals surface area contributed by atoms with E-state index < -0.39 is 0 Å². The number of likely N-dealkylation sites (N-methyl/N-ethyl adjacent to an activating group) is 1. The molecular formula is C30H31N5O. The van der Waals surface area contributed by atoms with Gasteiger partial charge in [-0.2, -0.15) is 0 Å². The van der Waals surface area contributed by atoms with Gasteiger partial charge in [-0.05, 0) is 74.8 Å². The number of hydrogen-bond donors (Lipinski definition) is 2. The molecule has 36 heavy (non-hydrogen) atoms. The Morgan fingerprint density at radius 1 is 0.889 bits per heavy atom. The predicted octanol–water partition coefficient (Wildman–Crippen LogP) is 5.82. The molecule has 0 bridgehead atoms. The maximum atomic E-state index is 9.35. The van der Waals surface area contributed by atoms with Gasteiger partial charge in [0, 0.05) is 52.9 Å². The van der Waals surface area contributed by atoms with Crippen molar-refractivity contribution in [1.82, 2.24) is 24.8 Å². The first-order chi connectivity index (χ1) is 17.4. The molecule has 0 amide bonds. The van der Waals surface area contributed by atoms with Gasteiger partial charge >= 0.3 is 0 Å². The summed E-state index contributed by atoms with van der Waals surface area (Å²) in [5.41, 5.74) is 8.73. The van der Waals surface area contributed by atoms with E-state index in [0.29, 0.717) is 6.54 Å². The number of nitrogens with one attached hydrogen (secondary N) is 1. The van der Waals surface area contributed by atoms with Crippen LogP contribution in [0.25, 0.3) is 44.7 Å². The van der Waals surface area contributed by atoms with E-state index in [9.17, 15) is 5.11 Å². The lowest BCUT2D eigenvalue weighted by atomic mass is 9.91. The summed E-state index contributed by atoms with van der Waals surface area (Å²) in [4.78, 5) is 19.5. The zero-order chi connectivity index (χ0) is 25.3. The summed E-state index contributed by atoms with van der Waals surface area (Å²) >= 11 is 0. The van der Waals surface area contributed by atoms with Gasteiger partial charge in [0.25, 0.3) is 0 Å². The zero-order valence-electron chi connectivity index (χ0n) is 21.2. The van der Waals surface area contributed by atoms with Crippen LogP contribution in [0.3, 0.4) is 0 Å². The first kappa shape index (κ1) is 23.9. The zero-order valence-corrected chi connectivity index (χ0v) is 21.2. The Hall–Kier alpha value is -3.87. The lowest BCUT2D eigenvalue weighted by molar-refractivity contribution is 0.122. The molecule has 0 spiro atoms. The molecule has 0 aliphatic heterocycles. The number of aliphatic hydroxyl groups is 1. The average Bonchev–Trinajstić information content (AvgIpc) is 3.37. The van der Waals surface area contributed by atoms with Crippen LogP contribution in [0.2, 0.25) is 0 Å². The van der Waals surface area contributed by atoms with Gasteiger partial charge in [0.05, 0.1) is 18.0 Å². The van der Waals surface area contributed by atoms with E-state index in [1.54, 1.807) is 0 Å². The second kappa shape index (κ2) is 9.64. The standard InChI is InChI=1S/C30H31N5O/c1-20-6-5-7-27(33-20)28-17-26(25-12-13-32-29(25)34-28)23-16-22(18-31-19-23)21-8-10-24(11-9-21)30(2,3)35(4)14-15-36/h5-13,16-19,36H,14-15H2,1-4H3,(H,32,34). The summed E-state index contributed by atoms with van der Waals surface area (Å²) in [6, 6.07) is 20.9. The molecule has 5 rings (SSSR count). The van der Waals surface area contributed by atoms with Gasteiger partial charge < -0.3 is 10.1 Å². The van der Waals surface area contributed by atoms with Crippen molar-refractivity contribution in [2.45, 2.75) is 26.3 Å². The normalized spacial score (nSPS) is 11.9. The summed E-state index contributed by atoms with van der Waals surface area (Å²) in [5.74, 6) is 0. The highest BCUT2D eigenvalue weighted by molar-refractivity contribution is 5.95. The van der Waals surface area contributed by atoms with Crippen molar-refractivity contribution in [3.8, 4) is 33.6 Å². The maximum absolute atomic E-state index is 9.35. The van der Waals surface area contributed by atoms with E-state index in [1.165, 1.54) is 5.56 Å². The predicted molar refractivity (Wildman–Crippen MR) is 145 cm³/mol. The van der Waals surface area contributed by atoms with Gasteiger partial charge in [0.1, 0.15) is 5.65 Å². The molecule has 0 saturated carbocycles. The van der Waals surface area contributed by atoms with Crippen molar-refractivity contribution in [3.63, 3.8) is 0 Å². The van der Waals surface area contributed by atoms with Gasteiger partial charge in [-0.15, -0.1) is 0 Å². The number of benzene rings is 1. The molecular weight excluding hydrogens is 446 g/mol. The molecule has 6 nitrogen and oxygen atoms in total. The molecule has 0 unspecified atom stereocenters. The fourth-order valence-electron chi connectivity index (χ4n) is 4.56. The largest absolute Gasteiger partial charge is 0.395 e. The molecule has 0 aliphatic carbocycles. The van der Waals surface area contributed by atoms with E-state index in [-0.39, 0.29) is 12.1 Å². The number of aryl methyl sites for hydroxylation is 1. The van der Waals surface area contributed by atoms with E-state index in [1.807, 2.05) is 50.8 Å². The Kier molecular flexibility index (Phi) is 6.39. The van der Waals surface area contributed by atoms with Gasteiger partial charge in [-0.25, -0.2) is 4.98 Å². The highest BCUT2D eigenvalue weighted by atomic mass is 16.3. The fraction of sp³-hybridized carbons (Fsp3) is 0.233. The van der Waals surface area contributed by atoms with Crippen molar-refractivity contribution in [3.05, 3.63) is 90.5 Å². The molecule has 182 valence electrons. The summed E-state index contributed by atoms with van der Waals surface area (Å²) < 4.78 is 0. The van der Waals surface area contributed by atoms with Crippen molar-refractivity contribution in [2.24, 2.45) is 0 Å². The summed E-state index contributed by atoms with van der Waals surface area (Å²) in [6.07, 6.45) is 5.72. The van der Waals surface area contributed by atoms with Crippen LogP contribution < -0.4 is 0 Å². The topological polar surface area (TPSA) is 77.9 Å². The number of rotatable bonds is 7. The van der Waals surface area contributed by atoms with Crippen LogP contribution in [0.5, 0.6) is 0 Å². The van der Waals surface area contributed by atoms with Crippen molar-refractivity contribution >= 4 is 11.0 Å². The van der Waals surface area contributed by atoms with Crippen LogP contribution in [0.1, 0.15) is 25.1 Å². The molecule has 0 aliphatic rings. The number of hydrogen-bond acceptors (Lipinski definition) is 5. The molecule has 0 radical (unpaired) electrons. The van der Waals surface area contributed by atoms with E-state index in [2.05, 4.69) is 76.2 Å². The van der Waals surface area contributed by atoms with Crippen LogP contribution in [0, 0.1) is 6.92 Å². The van der Waals surface area contributed by atoms with Crippen LogP contribution >= 0.6 is 0 Å². The number of nitrogens with zero attached hydrogens (tertiary/aromatic N) is 4. The number of aromatic amines is 1. The van der Waals surface area contributed by atoms with Crippen molar-refractivity contribution in [2.75, 3.05) is 20.2 Å².